The summed E-state index contributed by atoms with van der Waals surface area (Å²) in [5.74, 6) is 1.11. The van der Waals surface area contributed by atoms with E-state index in [0.717, 1.165) is 5.70 Å². The summed E-state index contributed by atoms with van der Waals surface area (Å²) in [5, 5.41) is 3.12. The van der Waals surface area contributed by atoms with E-state index in [9.17, 15) is 4.79 Å². The molecule has 0 radical (unpaired) electrons. The summed E-state index contributed by atoms with van der Waals surface area (Å²) in [6.07, 6.45) is 0. The second-order valence-corrected chi connectivity index (χ2v) is 4.03. The standard InChI is InChI=1S/C11H21NO/c1-7(2)8(3)9(4)12-10(5)11(6)13/h7-8,10,12H,4H2,1-3,5-6H3/t8-,10?/m0/s1. The molecule has 0 aliphatic rings. The fraction of sp³-hybridized carbons (Fsp3) is 0.727. The molecule has 2 heteroatoms. The second kappa shape index (κ2) is 5.05. The van der Waals surface area contributed by atoms with Crippen molar-refractivity contribution in [2.24, 2.45) is 11.8 Å². The third kappa shape index (κ3) is 4.11. The van der Waals surface area contributed by atoms with Crippen LogP contribution in [0.5, 0.6) is 0 Å². The average Bonchev–Trinajstić information content (AvgIpc) is 2.02. The third-order valence-electron chi connectivity index (χ3n) is 2.56. The molecule has 1 unspecified atom stereocenters. The molecule has 1 N–H and O–H groups in total. The maximum Gasteiger partial charge on any atom is 0.151 e. The molecular formula is C11H21NO. The maximum atomic E-state index is 11.0. The fourth-order valence-electron chi connectivity index (χ4n) is 0.914. The van der Waals surface area contributed by atoms with Crippen LogP contribution in [0.3, 0.4) is 0 Å². The van der Waals surface area contributed by atoms with E-state index >= 15 is 0 Å². The number of hydrogen-bond donors (Lipinski definition) is 1. The Hall–Kier alpha value is -0.790. The van der Waals surface area contributed by atoms with Gasteiger partial charge in [-0.25, -0.2) is 0 Å². The molecular weight excluding hydrogens is 162 g/mol. The van der Waals surface area contributed by atoms with Gasteiger partial charge in [0.05, 0.1) is 6.04 Å². The Morgan fingerprint density at radius 2 is 1.69 bits per heavy atom. The van der Waals surface area contributed by atoms with Gasteiger partial charge in [-0.1, -0.05) is 27.4 Å². The van der Waals surface area contributed by atoms with Gasteiger partial charge in [-0.3, -0.25) is 4.79 Å². The molecule has 0 aromatic carbocycles. The van der Waals surface area contributed by atoms with Crippen LogP contribution in [0.15, 0.2) is 12.3 Å². The minimum atomic E-state index is -0.117. The van der Waals surface area contributed by atoms with Crippen molar-refractivity contribution in [3.05, 3.63) is 12.3 Å². The molecule has 0 heterocycles. The van der Waals surface area contributed by atoms with Crippen molar-refractivity contribution in [2.45, 2.75) is 40.7 Å². The van der Waals surface area contributed by atoms with Crippen molar-refractivity contribution in [3.63, 3.8) is 0 Å². The minimum Gasteiger partial charge on any atom is -0.379 e. The minimum absolute atomic E-state index is 0.117. The zero-order valence-corrected chi connectivity index (χ0v) is 9.35. The first-order valence-corrected chi connectivity index (χ1v) is 4.82. The number of carbonyl (C=O) groups is 1. The van der Waals surface area contributed by atoms with Gasteiger partial charge in [0.1, 0.15) is 0 Å². The van der Waals surface area contributed by atoms with Crippen molar-refractivity contribution >= 4 is 5.78 Å². The first-order chi connectivity index (χ1) is 5.86. The number of carbonyl (C=O) groups excluding carboxylic acids is 1. The summed E-state index contributed by atoms with van der Waals surface area (Å²) in [7, 11) is 0. The Morgan fingerprint density at radius 1 is 1.23 bits per heavy atom. The molecule has 0 aliphatic heterocycles. The van der Waals surface area contributed by atoms with Gasteiger partial charge in [-0.2, -0.15) is 0 Å². The van der Waals surface area contributed by atoms with E-state index in [0.29, 0.717) is 11.8 Å². The first kappa shape index (κ1) is 12.2. The lowest BCUT2D eigenvalue weighted by Gasteiger charge is -2.22. The average molecular weight is 183 g/mol. The largest absolute Gasteiger partial charge is 0.379 e. The van der Waals surface area contributed by atoms with Gasteiger partial charge < -0.3 is 5.32 Å². The molecule has 0 saturated carbocycles. The van der Waals surface area contributed by atoms with Crippen LogP contribution >= 0.6 is 0 Å². The monoisotopic (exact) mass is 183 g/mol. The van der Waals surface area contributed by atoms with E-state index in [2.05, 4.69) is 32.7 Å². The van der Waals surface area contributed by atoms with Crippen molar-refractivity contribution in [1.82, 2.24) is 5.32 Å². The number of nitrogens with one attached hydrogen (secondary N) is 1. The van der Waals surface area contributed by atoms with Crippen molar-refractivity contribution in [2.75, 3.05) is 0 Å². The lowest BCUT2D eigenvalue weighted by molar-refractivity contribution is -0.118. The van der Waals surface area contributed by atoms with Gasteiger partial charge >= 0.3 is 0 Å². The van der Waals surface area contributed by atoms with Gasteiger partial charge in [-0.05, 0) is 25.7 Å². The molecule has 0 bridgehead atoms. The van der Waals surface area contributed by atoms with Crippen LogP contribution < -0.4 is 5.32 Å². The zero-order valence-electron chi connectivity index (χ0n) is 9.35. The fourth-order valence-corrected chi connectivity index (χ4v) is 0.914. The Balaban J connectivity index is 4.08. The topological polar surface area (TPSA) is 29.1 Å². The normalized spacial score (nSPS) is 15.2. The summed E-state index contributed by atoms with van der Waals surface area (Å²) in [6.45, 7) is 13.8. The molecule has 0 aromatic rings. The zero-order chi connectivity index (χ0) is 10.6. The van der Waals surface area contributed by atoms with Crippen molar-refractivity contribution < 1.29 is 4.79 Å². The quantitative estimate of drug-likeness (QED) is 0.709. The van der Waals surface area contributed by atoms with Crippen LogP contribution in [0.25, 0.3) is 0 Å². The van der Waals surface area contributed by atoms with Crippen LogP contribution in [0.4, 0.5) is 0 Å². The number of hydrogen-bond acceptors (Lipinski definition) is 2. The number of ketones is 1. The Morgan fingerprint density at radius 3 is 2.00 bits per heavy atom. The second-order valence-electron chi connectivity index (χ2n) is 4.03. The number of allylic oxidation sites excluding steroid dienone is 1. The summed E-state index contributed by atoms with van der Waals surface area (Å²) >= 11 is 0. The summed E-state index contributed by atoms with van der Waals surface area (Å²) in [6, 6.07) is -0.117. The lowest BCUT2D eigenvalue weighted by Crippen LogP contribution is -2.34. The van der Waals surface area contributed by atoms with Gasteiger partial charge in [0.25, 0.3) is 0 Å². The summed E-state index contributed by atoms with van der Waals surface area (Å²) in [4.78, 5) is 11.0. The van der Waals surface area contributed by atoms with Crippen LogP contribution in [0.1, 0.15) is 34.6 Å². The van der Waals surface area contributed by atoms with E-state index in [1.807, 2.05) is 6.92 Å². The highest BCUT2D eigenvalue weighted by Gasteiger charge is 2.14. The number of rotatable bonds is 5. The first-order valence-electron chi connectivity index (χ1n) is 4.82. The molecule has 2 atom stereocenters. The highest BCUT2D eigenvalue weighted by atomic mass is 16.1. The lowest BCUT2D eigenvalue weighted by atomic mass is 9.95. The summed E-state index contributed by atoms with van der Waals surface area (Å²) in [5.41, 5.74) is 0.956. The van der Waals surface area contributed by atoms with E-state index in [-0.39, 0.29) is 11.8 Å². The molecule has 0 saturated heterocycles. The van der Waals surface area contributed by atoms with Crippen LogP contribution in [0, 0.1) is 11.8 Å². The van der Waals surface area contributed by atoms with Gasteiger partial charge in [0.15, 0.2) is 5.78 Å². The molecule has 13 heavy (non-hydrogen) atoms. The molecule has 0 fully saturated rings. The van der Waals surface area contributed by atoms with E-state index in [1.165, 1.54) is 0 Å². The Labute approximate surface area is 81.4 Å². The molecule has 0 aliphatic carbocycles. The van der Waals surface area contributed by atoms with E-state index in [1.54, 1.807) is 6.92 Å². The predicted octanol–water partition coefficient (Wildman–Crippen LogP) is 2.36. The Kier molecular flexibility index (Phi) is 4.74. The van der Waals surface area contributed by atoms with E-state index < -0.39 is 0 Å². The molecule has 76 valence electrons. The SMILES string of the molecule is C=C(NC(C)C(C)=O)[C@@H](C)C(C)C. The molecule has 2 nitrogen and oxygen atoms in total. The van der Waals surface area contributed by atoms with Gasteiger partial charge in [0.2, 0.25) is 0 Å². The molecule has 0 amide bonds. The highest BCUT2D eigenvalue weighted by Crippen LogP contribution is 2.16. The molecule has 0 spiro atoms. The smallest absolute Gasteiger partial charge is 0.151 e. The van der Waals surface area contributed by atoms with Crippen molar-refractivity contribution in [3.8, 4) is 0 Å². The highest BCUT2D eigenvalue weighted by molar-refractivity contribution is 5.81. The van der Waals surface area contributed by atoms with E-state index in [4.69, 9.17) is 0 Å². The van der Waals surface area contributed by atoms with Crippen LogP contribution in [-0.2, 0) is 4.79 Å². The molecule has 0 rings (SSSR count). The van der Waals surface area contributed by atoms with Crippen LogP contribution in [0.2, 0.25) is 0 Å². The predicted molar refractivity (Wildman–Crippen MR) is 56.4 cm³/mol. The van der Waals surface area contributed by atoms with Gasteiger partial charge in [0, 0.05) is 5.70 Å². The third-order valence-corrected chi connectivity index (χ3v) is 2.56. The van der Waals surface area contributed by atoms with Gasteiger partial charge in [-0.15, -0.1) is 0 Å². The maximum absolute atomic E-state index is 11.0. The number of Topliss-reactive ketones (excluding diaryl/α,β-unsaturated/α-hetero) is 1. The molecule has 0 aromatic heterocycles. The Bertz CT molecular complexity index is 196. The van der Waals surface area contributed by atoms with Crippen LogP contribution in [-0.4, -0.2) is 11.8 Å². The van der Waals surface area contributed by atoms with Crippen molar-refractivity contribution in [1.29, 1.82) is 0 Å². The summed E-state index contributed by atoms with van der Waals surface area (Å²) < 4.78 is 0.